The molecule has 0 atom stereocenters. The van der Waals surface area contributed by atoms with Gasteiger partial charge in [0.2, 0.25) is 11.6 Å². The number of nitro groups is 1. The molecular weight excluding hydrogens is 429 g/mol. The SMILES string of the molecule is CCCCOc1ccc(Nc2ncnc(Nc3cc(Cl)ccc3Cl)c2[N+](=O)[O-])cc1. The summed E-state index contributed by atoms with van der Waals surface area (Å²) in [7, 11) is 0. The molecule has 2 N–H and O–H groups in total. The van der Waals surface area contributed by atoms with Gasteiger partial charge in [-0.2, -0.15) is 0 Å². The van der Waals surface area contributed by atoms with E-state index < -0.39 is 4.92 Å². The van der Waals surface area contributed by atoms with Gasteiger partial charge in [0.25, 0.3) is 0 Å². The normalized spacial score (nSPS) is 10.5. The molecule has 0 saturated heterocycles. The van der Waals surface area contributed by atoms with Crippen molar-refractivity contribution < 1.29 is 9.66 Å². The molecule has 3 rings (SSSR count). The van der Waals surface area contributed by atoms with Crippen molar-refractivity contribution in [2.24, 2.45) is 0 Å². The third kappa shape index (κ3) is 5.49. The summed E-state index contributed by atoms with van der Waals surface area (Å²) >= 11 is 12.1. The minimum Gasteiger partial charge on any atom is -0.494 e. The predicted molar refractivity (Wildman–Crippen MR) is 119 cm³/mol. The smallest absolute Gasteiger partial charge is 0.353 e. The maximum absolute atomic E-state index is 11.7. The third-order valence-corrected chi connectivity index (χ3v) is 4.63. The minimum absolute atomic E-state index is 0.0128. The van der Waals surface area contributed by atoms with Gasteiger partial charge in [-0.05, 0) is 48.9 Å². The molecule has 1 aromatic heterocycles. The van der Waals surface area contributed by atoms with Crippen molar-refractivity contribution in [2.75, 3.05) is 17.2 Å². The Kier molecular flexibility index (Phi) is 7.26. The molecule has 0 aliphatic rings. The number of ether oxygens (including phenoxy) is 1. The van der Waals surface area contributed by atoms with Crippen molar-refractivity contribution in [3.05, 3.63) is 69.0 Å². The summed E-state index contributed by atoms with van der Waals surface area (Å²) in [6.45, 7) is 2.73. The average Bonchev–Trinajstić information content (AvgIpc) is 2.72. The Morgan fingerprint density at radius 2 is 1.77 bits per heavy atom. The topological polar surface area (TPSA) is 102 Å². The second-order valence-corrected chi connectivity index (χ2v) is 7.12. The zero-order valence-electron chi connectivity index (χ0n) is 16.1. The van der Waals surface area contributed by atoms with Gasteiger partial charge in [0.1, 0.15) is 12.1 Å². The van der Waals surface area contributed by atoms with Crippen LogP contribution in [0.3, 0.4) is 0 Å². The second kappa shape index (κ2) is 10.1. The highest BCUT2D eigenvalue weighted by Crippen LogP contribution is 2.35. The van der Waals surface area contributed by atoms with E-state index in [9.17, 15) is 10.1 Å². The Morgan fingerprint density at radius 1 is 1.07 bits per heavy atom. The Bertz CT molecular complexity index is 1030. The number of anilines is 4. The standard InChI is InChI=1S/C20H19Cl2N5O3/c1-2-3-10-30-15-7-5-14(6-8-15)25-19-18(27(28)29)20(24-12-23-19)26-17-11-13(21)4-9-16(17)22/h4-9,11-12H,2-3,10H2,1H3,(H2,23,24,25,26). The number of nitrogens with zero attached hydrogens (tertiary/aromatic N) is 3. The molecule has 0 radical (unpaired) electrons. The van der Waals surface area contributed by atoms with E-state index in [1.54, 1.807) is 42.5 Å². The predicted octanol–water partition coefficient (Wildman–Crippen LogP) is 6.36. The van der Waals surface area contributed by atoms with Crippen LogP contribution in [-0.4, -0.2) is 21.5 Å². The zero-order valence-corrected chi connectivity index (χ0v) is 17.6. The Morgan fingerprint density at radius 3 is 2.43 bits per heavy atom. The summed E-state index contributed by atoms with van der Waals surface area (Å²) in [6.07, 6.45) is 3.24. The molecule has 8 nitrogen and oxygen atoms in total. The van der Waals surface area contributed by atoms with Crippen LogP contribution >= 0.6 is 23.2 Å². The first-order valence-corrected chi connectivity index (χ1v) is 9.95. The van der Waals surface area contributed by atoms with Crippen LogP contribution in [0, 0.1) is 10.1 Å². The Balaban J connectivity index is 1.84. The molecule has 0 saturated carbocycles. The highest BCUT2D eigenvalue weighted by atomic mass is 35.5. The minimum atomic E-state index is -0.564. The molecule has 30 heavy (non-hydrogen) atoms. The van der Waals surface area contributed by atoms with Gasteiger partial charge in [0.05, 0.1) is 22.2 Å². The van der Waals surface area contributed by atoms with E-state index in [0.717, 1.165) is 18.6 Å². The lowest BCUT2D eigenvalue weighted by atomic mass is 10.3. The van der Waals surface area contributed by atoms with E-state index in [0.29, 0.717) is 28.0 Å². The molecule has 0 fully saturated rings. The van der Waals surface area contributed by atoms with Crippen molar-refractivity contribution in [1.82, 2.24) is 9.97 Å². The molecule has 2 aromatic carbocycles. The zero-order chi connectivity index (χ0) is 21.5. The second-order valence-electron chi connectivity index (χ2n) is 6.28. The average molecular weight is 448 g/mol. The highest BCUT2D eigenvalue weighted by Gasteiger charge is 2.24. The van der Waals surface area contributed by atoms with E-state index in [-0.39, 0.29) is 17.3 Å². The van der Waals surface area contributed by atoms with Crippen LogP contribution in [0.25, 0.3) is 0 Å². The molecule has 0 aliphatic carbocycles. The van der Waals surface area contributed by atoms with Crippen LogP contribution in [0.15, 0.2) is 48.8 Å². The van der Waals surface area contributed by atoms with E-state index >= 15 is 0 Å². The summed E-state index contributed by atoms with van der Waals surface area (Å²) in [4.78, 5) is 19.2. The number of benzene rings is 2. The molecule has 0 unspecified atom stereocenters. The fourth-order valence-corrected chi connectivity index (χ4v) is 2.90. The first-order chi connectivity index (χ1) is 14.5. The van der Waals surface area contributed by atoms with Gasteiger partial charge >= 0.3 is 5.69 Å². The number of nitrogens with one attached hydrogen (secondary N) is 2. The molecule has 10 heteroatoms. The first-order valence-electron chi connectivity index (χ1n) is 9.19. The number of unbranched alkanes of at least 4 members (excludes halogenated alkanes) is 1. The summed E-state index contributed by atoms with van der Waals surface area (Å²) in [5.41, 5.74) is 0.689. The summed E-state index contributed by atoms with van der Waals surface area (Å²) in [5, 5.41) is 18.3. The van der Waals surface area contributed by atoms with E-state index in [4.69, 9.17) is 27.9 Å². The Labute approximate surface area is 183 Å². The molecule has 3 aromatic rings. The Hall–Kier alpha value is -3.10. The third-order valence-electron chi connectivity index (χ3n) is 4.07. The molecule has 0 bridgehead atoms. The first kappa shape index (κ1) is 21.6. The lowest BCUT2D eigenvalue weighted by molar-refractivity contribution is -0.383. The van der Waals surface area contributed by atoms with Gasteiger partial charge in [-0.1, -0.05) is 36.5 Å². The van der Waals surface area contributed by atoms with Crippen LogP contribution in [0.1, 0.15) is 19.8 Å². The van der Waals surface area contributed by atoms with Gasteiger partial charge in [-0.25, -0.2) is 9.97 Å². The van der Waals surface area contributed by atoms with Crippen LogP contribution in [-0.2, 0) is 0 Å². The molecular formula is C20H19Cl2N5O3. The van der Waals surface area contributed by atoms with Crippen molar-refractivity contribution >= 4 is 51.9 Å². The molecule has 0 aliphatic heterocycles. The van der Waals surface area contributed by atoms with Crippen molar-refractivity contribution in [1.29, 1.82) is 0 Å². The van der Waals surface area contributed by atoms with Gasteiger partial charge in [-0.15, -0.1) is 0 Å². The fraction of sp³-hybridized carbons (Fsp3) is 0.200. The highest BCUT2D eigenvalue weighted by molar-refractivity contribution is 6.35. The van der Waals surface area contributed by atoms with Crippen LogP contribution in [0.2, 0.25) is 10.0 Å². The van der Waals surface area contributed by atoms with E-state index in [1.807, 2.05) is 0 Å². The number of halogens is 2. The maximum Gasteiger partial charge on any atom is 0.353 e. The van der Waals surface area contributed by atoms with Gasteiger partial charge in [-0.3, -0.25) is 10.1 Å². The fourth-order valence-electron chi connectivity index (χ4n) is 2.56. The summed E-state index contributed by atoms with van der Waals surface area (Å²) in [5.74, 6) is 0.751. The summed E-state index contributed by atoms with van der Waals surface area (Å²) in [6, 6.07) is 11.8. The van der Waals surface area contributed by atoms with Gasteiger partial charge in [0, 0.05) is 10.7 Å². The maximum atomic E-state index is 11.7. The van der Waals surface area contributed by atoms with Crippen molar-refractivity contribution in [3.63, 3.8) is 0 Å². The van der Waals surface area contributed by atoms with Crippen molar-refractivity contribution in [3.8, 4) is 5.75 Å². The lowest BCUT2D eigenvalue weighted by Crippen LogP contribution is -2.05. The molecule has 0 amide bonds. The number of aromatic nitrogens is 2. The largest absolute Gasteiger partial charge is 0.494 e. The number of hydrogen-bond acceptors (Lipinski definition) is 7. The molecule has 0 spiro atoms. The van der Waals surface area contributed by atoms with Crippen LogP contribution < -0.4 is 15.4 Å². The number of hydrogen-bond donors (Lipinski definition) is 2. The monoisotopic (exact) mass is 447 g/mol. The van der Waals surface area contributed by atoms with Crippen LogP contribution in [0.5, 0.6) is 5.75 Å². The number of rotatable bonds is 9. The van der Waals surface area contributed by atoms with Crippen molar-refractivity contribution in [2.45, 2.75) is 19.8 Å². The van der Waals surface area contributed by atoms with Crippen LogP contribution in [0.4, 0.5) is 28.7 Å². The van der Waals surface area contributed by atoms with Gasteiger partial charge in [0.15, 0.2) is 0 Å². The van der Waals surface area contributed by atoms with Gasteiger partial charge < -0.3 is 15.4 Å². The molecule has 156 valence electrons. The quantitative estimate of drug-likeness (QED) is 0.223. The summed E-state index contributed by atoms with van der Waals surface area (Å²) < 4.78 is 5.62. The van der Waals surface area contributed by atoms with E-state index in [1.165, 1.54) is 6.33 Å². The molecule has 1 heterocycles. The lowest BCUT2D eigenvalue weighted by Gasteiger charge is -2.12. The van der Waals surface area contributed by atoms with E-state index in [2.05, 4.69) is 27.5 Å².